The van der Waals surface area contributed by atoms with Gasteiger partial charge in [-0.25, -0.2) is 0 Å². The van der Waals surface area contributed by atoms with E-state index in [0.29, 0.717) is 0 Å². The maximum Gasteiger partial charge on any atom is 0.0486 e. The highest BCUT2D eigenvalue weighted by Gasteiger charge is 2.16. The number of aryl methyl sites for hydroxylation is 1. The van der Waals surface area contributed by atoms with E-state index >= 15 is 0 Å². The SMILES string of the molecule is Cn1c2c(c3cc(-c4ccc5sc6ccccc6c5c4)ccc31)C=CCC2. The van der Waals surface area contributed by atoms with E-state index in [9.17, 15) is 0 Å². The Morgan fingerprint density at radius 1 is 0.815 bits per heavy atom. The fourth-order valence-corrected chi connectivity index (χ4v) is 5.61. The van der Waals surface area contributed by atoms with Crippen molar-refractivity contribution >= 4 is 48.5 Å². The third-order valence-electron chi connectivity index (χ3n) is 5.91. The highest BCUT2D eigenvalue weighted by molar-refractivity contribution is 7.25. The minimum absolute atomic E-state index is 1.14. The number of fused-ring (bicyclic) bond motifs is 6. The van der Waals surface area contributed by atoms with Crippen LogP contribution in [0.15, 0.2) is 66.7 Å². The molecule has 0 fully saturated rings. The highest BCUT2D eigenvalue weighted by Crippen LogP contribution is 2.38. The standard InChI is InChI=1S/C25H19NS/c1-26-22-8-4-2-6-18(22)20-14-16(10-12-23(20)26)17-11-13-25-21(15-17)19-7-3-5-9-24(19)27-25/h2-3,5-7,9-15H,4,8H2,1H3. The summed E-state index contributed by atoms with van der Waals surface area (Å²) < 4.78 is 5.09. The Hall–Kier alpha value is -2.84. The molecule has 0 aliphatic heterocycles. The first-order chi connectivity index (χ1) is 13.3. The monoisotopic (exact) mass is 365 g/mol. The largest absolute Gasteiger partial charge is 0.347 e. The van der Waals surface area contributed by atoms with Crippen molar-refractivity contribution < 1.29 is 0 Å². The Kier molecular flexibility index (Phi) is 3.15. The molecule has 6 rings (SSSR count). The van der Waals surface area contributed by atoms with Crippen LogP contribution >= 0.6 is 11.3 Å². The minimum Gasteiger partial charge on any atom is -0.347 e. The van der Waals surface area contributed by atoms with Crippen LogP contribution in [0.2, 0.25) is 0 Å². The fourth-order valence-electron chi connectivity index (χ4n) is 4.52. The van der Waals surface area contributed by atoms with Gasteiger partial charge in [-0.1, -0.05) is 42.5 Å². The van der Waals surface area contributed by atoms with Gasteiger partial charge >= 0.3 is 0 Å². The summed E-state index contributed by atoms with van der Waals surface area (Å²) in [5.41, 5.74) is 6.79. The summed E-state index contributed by atoms with van der Waals surface area (Å²) in [7, 11) is 2.20. The predicted molar refractivity (Wildman–Crippen MR) is 119 cm³/mol. The van der Waals surface area contributed by atoms with Gasteiger partial charge in [0.05, 0.1) is 0 Å². The number of nitrogens with zero attached hydrogens (tertiary/aromatic N) is 1. The molecule has 1 aliphatic rings. The van der Waals surface area contributed by atoms with Gasteiger partial charge in [0.2, 0.25) is 0 Å². The van der Waals surface area contributed by atoms with Gasteiger partial charge < -0.3 is 4.57 Å². The third-order valence-corrected chi connectivity index (χ3v) is 7.06. The summed E-state index contributed by atoms with van der Waals surface area (Å²) in [5, 5.41) is 4.10. The summed E-state index contributed by atoms with van der Waals surface area (Å²) in [4.78, 5) is 0. The maximum absolute atomic E-state index is 2.37. The van der Waals surface area contributed by atoms with Gasteiger partial charge in [-0.05, 0) is 54.3 Å². The molecule has 5 aromatic rings. The van der Waals surface area contributed by atoms with E-state index in [-0.39, 0.29) is 0 Å². The lowest BCUT2D eigenvalue weighted by Gasteiger charge is -2.07. The van der Waals surface area contributed by atoms with Crippen molar-refractivity contribution in [3.63, 3.8) is 0 Å². The zero-order valence-corrected chi connectivity index (χ0v) is 16.0. The van der Waals surface area contributed by atoms with E-state index < -0.39 is 0 Å². The van der Waals surface area contributed by atoms with Crippen LogP contribution < -0.4 is 0 Å². The topological polar surface area (TPSA) is 4.93 Å². The van der Waals surface area contributed by atoms with Gasteiger partial charge in [-0.2, -0.15) is 0 Å². The van der Waals surface area contributed by atoms with Crippen molar-refractivity contribution in [3.8, 4) is 11.1 Å². The third kappa shape index (κ3) is 2.17. The van der Waals surface area contributed by atoms with Gasteiger partial charge in [0.1, 0.15) is 0 Å². The smallest absolute Gasteiger partial charge is 0.0486 e. The number of benzene rings is 3. The Balaban J connectivity index is 1.59. The van der Waals surface area contributed by atoms with Gasteiger partial charge in [0, 0.05) is 49.4 Å². The maximum atomic E-state index is 2.37. The molecule has 27 heavy (non-hydrogen) atoms. The number of hydrogen-bond donors (Lipinski definition) is 0. The molecular formula is C25H19NS. The Morgan fingerprint density at radius 3 is 2.52 bits per heavy atom. The quantitative estimate of drug-likeness (QED) is 0.297. The first-order valence-electron chi connectivity index (χ1n) is 9.49. The van der Waals surface area contributed by atoms with Crippen LogP contribution in [-0.2, 0) is 13.5 Å². The second kappa shape index (κ2) is 5.58. The molecule has 0 radical (unpaired) electrons. The summed E-state index contributed by atoms with van der Waals surface area (Å²) in [6.07, 6.45) is 6.89. The molecule has 0 atom stereocenters. The Morgan fingerprint density at radius 2 is 1.59 bits per heavy atom. The Labute approximate surface area is 162 Å². The van der Waals surface area contributed by atoms with Crippen molar-refractivity contribution in [2.75, 3.05) is 0 Å². The van der Waals surface area contributed by atoms with E-state index in [0.717, 1.165) is 12.8 Å². The second-order valence-electron chi connectivity index (χ2n) is 7.40. The number of thiophene rings is 1. The fraction of sp³-hybridized carbons (Fsp3) is 0.120. The minimum atomic E-state index is 1.14. The highest BCUT2D eigenvalue weighted by atomic mass is 32.1. The first kappa shape index (κ1) is 15.2. The van der Waals surface area contributed by atoms with Crippen molar-refractivity contribution in [1.29, 1.82) is 0 Å². The number of hydrogen-bond acceptors (Lipinski definition) is 1. The van der Waals surface area contributed by atoms with Gasteiger partial charge in [0.25, 0.3) is 0 Å². The molecule has 2 heterocycles. The molecule has 2 aromatic heterocycles. The summed E-state index contributed by atoms with van der Waals surface area (Å²) in [6, 6.07) is 22.5. The van der Waals surface area contributed by atoms with Crippen LogP contribution in [0.5, 0.6) is 0 Å². The second-order valence-corrected chi connectivity index (χ2v) is 8.49. The van der Waals surface area contributed by atoms with E-state index in [1.807, 2.05) is 11.3 Å². The molecule has 3 aromatic carbocycles. The van der Waals surface area contributed by atoms with Crippen molar-refractivity contribution in [2.24, 2.45) is 7.05 Å². The lowest BCUT2D eigenvalue weighted by molar-refractivity contribution is 0.824. The van der Waals surface area contributed by atoms with Gasteiger partial charge in [-0.3, -0.25) is 0 Å². The molecule has 0 saturated heterocycles. The van der Waals surface area contributed by atoms with Crippen molar-refractivity contribution in [3.05, 3.63) is 78.0 Å². The molecule has 0 bridgehead atoms. The molecule has 0 N–H and O–H groups in total. The molecular weight excluding hydrogens is 346 g/mol. The van der Waals surface area contributed by atoms with Crippen LogP contribution in [-0.4, -0.2) is 4.57 Å². The molecule has 0 saturated carbocycles. The molecule has 2 heteroatoms. The predicted octanol–water partition coefficient (Wildman–Crippen LogP) is 7.17. The molecule has 0 unspecified atom stereocenters. The molecule has 0 spiro atoms. The van der Waals surface area contributed by atoms with Crippen molar-refractivity contribution in [2.45, 2.75) is 12.8 Å². The van der Waals surface area contributed by atoms with Gasteiger partial charge in [0.15, 0.2) is 0 Å². The Bertz CT molecular complexity index is 1380. The average molecular weight is 366 g/mol. The van der Waals surface area contributed by atoms with Gasteiger partial charge in [-0.15, -0.1) is 11.3 Å². The van der Waals surface area contributed by atoms with Crippen LogP contribution in [0.25, 0.3) is 48.3 Å². The van der Waals surface area contributed by atoms with Crippen LogP contribution in [0.3, 0.4) is 0 Å². The van der Waals surface area contributed by atoms with Crippen LogP contribution in [0.4, 0.5) is 0 Å². The van der Waals surface area contributed by atoms with E-state index in [1.165, 1.54) is 53.5 Å². The molecule has 1 aliphatic carbocycles. The normalized spacial score (nSPS) is 13.7. The number of rotatable bonds is 1. The van der Waals surface area contributed by atoms with E-state index in [4.69, 9.17) is 0 Å². The molecule has 130 valence electrons. The summed E-state index contributed by atoms with van der Waals surface area (Å²) >= 11 is 1.88. The summed E-state index contributed by atoms with van der Waals surface area (Å²) in [5.74, 6) is 0. The zero-order chi connectivity index (χ0) is 18.0. The van der Waals surface area contributed by atoms with Crippen LogP contribution in [0, 0.1) is 0 Å². The lowest BCUT2D eigenvalue weighted by atomic mass is 9.98. The van der Waals surface area contributed by atoms with Crippen molar-refractivity contribution in [1.82, 2.24) is 4.57 Å². The summed E-state index contributed by atoms with van der Waals surface area (Å²) in [6.45, 7) is 0. The van der Waals surface area contributed by atoms with E-state index in [2.05, 4.69) is 84.4 Å². The van der Waals surface area contributed by atoms with E-state index in [1.54, 1.807) is 0 Å². The number of aromatic nitrogens is 1. The first-order valence-corrected chi connectivity index (χ1v) is 10.3. The molecule has 1 nitrogen and oxygen atoms in total. The van der Waals surface area contributed by atoms with Crippen LogP contribution in [0.1, 0.15) is 17.7 Å². The molecule has 0 amide bonds. The number of allylic oxidation sites excluding steroid dienone is 1. The zero-order valence-electron chi connectivity index (χ0n) is 15.2. The average Bonchev–Trinajstić information content (AvgIpc) is 3.23. The lowest BCUT2D eigenvalue weighted by Crippen LogP contribution is -1.99.